The van der Waals surface area contributed by atoms with Crippen molar-refractivity contribution in [2.24, 2.45) is 5.92 Å². The number of aromatic carboxylic acids is 1. The molecular formula is C15H24N2O2. The van der Waals surface area contributed by atoms with Crippen molar-refractivity contribution in [2.75, 3.05) is 12.8 Å². The Labute approximate surface area is 115 Å². The standard InChI is InChI=1S/C15H24N2O2/c1-10(2)8-11(3)17(4)9-12-6-5-7-13(16)14(12)15(18)19/h5-7,10-11H,8-9,16H2,1-4H3,(H,18,19). The predicted octanol–water partition coefficient (Wildman–Crippen LogP) is 2.83. The monoisotopic (exact) mass is 264 g/mol. The maximum absolute atomic E-state index is 11.3. The molecule has 0 heterocycles. The fourth-order valence-electron chi connectivity index (χ4n) is 2.30. The van der Waals surface area contributed by atoms with Gasteiger partial charge in [0.15, 0.2) is 0 Å². The van der Waals surface area contributed by atoms with E-state index in [1.807, 2.05) is 13.1 Å². The average molecular weight is 264 g/mol. The van der Waals surface area contributed by atoms with E-state index in [0.29, 0.717) is 24.2 Å². The van der Waals surface area contributed by atoms with Crippen molar-refractivity contribution in [2.45, 2.75) is 39.8 Å². The van der Waals surface area contributed by atoms with Gasteiger partial charge in [0.05, 0.1) is 5.56 Å². The molecule has 3 N–H and O–H groups in total. The van der Waals surface area contributed by atoms with E-state index >= 15 is 0 Å². The van der Waals surface area contributed by atoms with Gasteiger partial charge in [-0.25, -0.2) is 4.79 Å². The number of hydrogen-bond donors (Lipinski definition) is 2. The molecule has 0 bridgehead atoms. The maximum Gasteiger partial charge on any atom is 0.338 e. The van der Waals surface area contributed by atoms with Gasteiger partial charge in [-0.1, -0.05) is 26.0 Å². The molecule has 1 aromatic rings. The van der Waals surface area contributed by atoms with Gasteiger partial charge in [-0.3, -0.25) is 4.90 Å². The molecule has 1 atom stereocenters. The number of anilines is 1. The minimum Gasteiger partial charge on any atom is -0.478 e. The molecule has 0 saturated heterocycles. The van der Waals surface area contributed by atoms with Crippen LogP contribution in [-0.4, -0.2) is 29.1 Å². The van der Waals surface area contributed by atoms with Crippen LogP contribution in [0.15, 0.2) is 18.2 Å². The Bertz CT molecular complexity index is 444. The molecule has 0 fully saturated rings. The molecule has 0 aliphatic carbocycles. The summed E-state index contributed by atoms with van der Waals surface area (Å²) in [7, 11) is 2.02. The van der Waals surface area contributed by atoms with E-state index in [1.165, 1.54) is 0 Å². The Balaban J connectivity index is 2.88. The van der Waals surface area contributed by atoms with Crippen LogP contribution in [0, 0.1) is 5.92 Å². The summed E-state index contributed by atoms with van der Waals surface area (Å²) in [6.45, 7) is 7.13. The highest BCUT2D eigenvalue weighted by atomic mass is 16.4. The zero-order valence-electron chi connectivity index (χ0n) is 12.2. The molecular weight excluding hydrogens is 240 g/mol. The van der Waals surface area contributed by atoms with Gasteiger partial charge in [0.25, 0.3) is 0 Å². The largest absolute Gasteiger partial charge is 0.478 e. The minimum atomic E-state index is -0.960. The van der Waals surface area contributed by atoms with Gasteiger partial charge < -0.3 is 10.8 Å². The lowest BCUT2D eigenvalue weighted by Gasteiger charge is -2.26. The highest BCUT2D eigenvalue weighted by Gasteiger charge is 2.17. The number of carboxylic acids is 1. The average Bonchev–Trinajstić information content (AvgIpc) is 2.27. The summed E-state index contributed by atoms with van der Waals surface area (Å²) < 4.78 is 0. The van der Waals surface area contributed by atoms with E-state index in [1.54, 1.807) is 12.1 Å². The molecule has 0 aliphatic rings. The van der Waals surface area contributed by atoms with Crippen molar-refractivity contribution in [1.82, 2.24) is 4.90 Å². The lowest BCUT2D eigenvalue weighted by Crippen LogP contribution is -2.30. The van der Waals surface area contributed by atoms with Gasteiger partial charge >= 0.3 is 5.97 Å². The molecule has 1 aromatic carbocycles. The van der Waals surface area contributed by atoms with Crippen LogP contribution in [0.4, 0.5) is 5.69 Å². The van der Waals surface area contributed by atoms with E-state index in [4.69, 9.17) is 5.73 Å². The summed E-state index contributed by atoms with van der Waals surface area (Å²) in [6.07, 6.45) is 1.08. The van der Waals surface area contributed by atoms with Crippen LogP contribution in [0.5, 0.6) is 0 Å². The van der Waals surface area contributed by atoms with Gasteiger partial charge in [0.1, 0.15) is 0 Å². The molecule has 0 saturated carbocycles. The highest BCUT2D eigenvalue weighted by Crippen LogP contribution is 2.20. The molecule has 4 heteroatoms. The lowest BCUT2D eigenvalue weighted by atomic mass is 10.0. The molecule has 4 nitrogen and oxygen atoms in total. The first kappa shape index (κ1) is 15.5. The van der Waals surface area contributed by atoms with Crippen LogP contribution in [0.2, 0.25) is 0 Å². The number of carbonyl (C=O) groups is 1. The SMILES string of the molecule is CC(C)CC(C)N(C)Cc1cccc(N)c1C(=O)O. The number of nitrogen functional groups attached to an aromatic ring is 1. The first-order chi connectivity index (χ1) is 8.82. The Morgan fingerprint density at radius 1 is 1.37 bits per heavy atom. The molecule has 0 spiro atoms. The molecule has 1 unspecified atom stereocenters. The number of rotatable bonds is 6. The second kappa shape index (κ2) is 6.57. The van der Waals surface area contributed by atoms with Gasteiger partial charge in [-0.2, -0.15) is 0 Å². The van der Waals surface area contributed by atoms with E-state index in [9.17, 15) is 9.90 Å². The molecule has 0 aromatic heterocycles. The highest BCUT2D eigenvalue weighted by molar-refractivity contribution is 5.95. The normalized spacial score (nSPS) is 12.9. The van der Waals surface area contributed by atoms with E-state index in [2.05, 4.69) is 25.7 Å². The summed E-state index contributed by atoms with van der Waals surface area (Å²) in [6, 6.07) is 5.67. The predicted molar refractivity (Wildman–Crippen MR) is 78.2 cm³/mol. The van der Waals surface area contributed by atoms with Gasteiger partial charge in [0.2, 0.25) is 0 Å². The Kier molecular flexibility index (Phi) is 5.36. The smallest absolute Gasteiger partial charge is 0.338 e. The summed E-state index contributed by atoms with van der Waals surface area (Å²) in [4.78, 5) is 13.4. The van der Waals surface area contributed by atoms with Gasteiger partial charge in [0, 0.05) is 18.3 Å². The molecule has 0 radical (unpaired) electrons. The third-order valence-electron chi connectivity index (χ3n) is 3.38. The number of nitrogens with zero attached hydrogens (tertiary/aromatic N) is 1. The van der Waals surface area contributed by atoms with Gasteiger partial charge in [-0.05, 0) is 37.9 Å². The number of hydrogen-bond acceptors (Lipinski definition) is 3. The first-order valence-electron chi connectivity index (χ1n) is 6.63. The van der Waals surface area contributed by atoms with Crippen LogP contribution in [-0.2, 0) is 6.54 Å². The lowest BCUT2D eigenvalue weighted by molar-refractivity contribution is 0.0695. The van der Waals surface area contributed by atoms with E-state index < -0.39 is 5.97 Å². The second-order valence-electron chi connectivity index (χ2n) is 5.58. The molecule has 106 valence electrons. The molecule has 1 rings (SSSR count). The van der Waals surface area contributed by atoms with Gasteiger partial charge in [-0.15, -0.1) is 0 Å². The fraction of sp³-hybridized carbons (Fsp3) is 0.533. The van der Waals surface area contributed by atoms with Crippen molar-refractivity contribution in [1.29, 1.82) is 0 Å². The third-order valence-corrected chi connectivity index (χ3v) is 3.38. The van der Waals surface area contributed by atoms with Crippen molar-refractivity contribution in [3.05, 3.63) is 29.3 Å². The molecule has 19 heavy (non-hydrogen) atoms. The minimum absolute atomic E-state index is 0.228. The van der Waals surface area contributed by atoms with Crippen molar-refractivity contribution in [3.8, 4) is 0 Å². The first-order valence-corrected chi connectivity index (χ1v) is 6.63. The van der Waals surface area contributed by atoms with Crippen LogP contribution in [0.3, 0.4) is 0 Å². The zero-order chi connectivity index (χ0) is 14.6. The summed E-state index contributed by atoms with van der Waals surface area (Å²) in [5.74, 6) is -0.338. The summed E-state index contributed by atoms with van der Waals surface area (Å²) in [5, 5.41) is 9.24. The molecule has 0 aliphatic heterocycles. The van der Waals surface area contributed by atoms with Crippen LogP contribution in [0.1, 0.15) is 43.1 Å². The second-order valence-corrected chi connectivity index (χ2v) is 5.58. The van der Waals surface area contributed by atoms with Crippen molar-refractivity contribution >= 4 is 11.7 Å². The van der Waals surface area contributed by atoms with E-state index in [0.717, 1.165) is 12.0 Å². The summed E-state index contributed by atoms with van der Waals surface area (Å²) >= 11 is 0. The Hall–Kier alpha value is -1.55. The third kappa shape index (κ3) is 4.24. The fourth-order valence-corrected chi connectivity index (χ4v) is 2.30. The van der Waals surface area contributed by atoms with E-state index in [-0.39, 0.29) is 5.56 Å². The van der Waals surface area contributed by atoms with Crippen LogP contribution in [0.25, 0.3) is 0 Å². The zero-order valence-corrected chi connectivity index (χ0v) is 12.2. The van der Waals surface area contributed by atoms with Crippen molar-refractivity contribution < 1.29 is 9.90 Å². The van der Waals surface area contributed by atoms with Crippen LogP contribution < -0.4 is 5.73 Å². The quantitative estimate of drug-likeness (QED) is 0.775. The number of carboxylic acid groups (broad SMARTS) is 1. The Morgan fingerprint density at radius 3 is 2.53 bits per heavy atom. The maximum atomic E-state index is 11.3. The van der Waals surface area contributed by atoms with Crippen molar-refractivity contribution in [3.63, 3.8) is 0 Å². The summed E-state index contributed by atoms with van der Waals surface area (Å²) in [5.41, 5.74) is 7.08. The Morgan fingerprint density at radius 2 is 2.00 bits per heavy atom. The number of nitrogens with two attached hydrogens (primary N) is 1. The molecule has 0 amide bonds. The van der Waals surface area contributed by atoms with Crippen LogP contribution >= 0.6 is 0 Å². The number of benzene rings is 1. The topological polar surface area (TPSA) is 66.6 Å².